The zero-order valence-corrected chi connectivity index (χ0v) is 14.5. The molecule has 2 aromatic rings. The van der Waals surface area contributed by atoms with Crippen molar-refractivity contribution in [3.63, 3.8) is 0 Å². The molecule has 0 radical (unpaired) electrons. The number of amides is 2. The average molecular weight is 347 g/mol. The number of nitrogens with one attached hydrogen (secondary N) is 1. The Morgan fingerprint density at radius 3 is 2.50 bits per heavy atom. The lowest BCUT2D eigenvalue weighted by Crippen LogP contribution is -2.49. The molecule has 0 aliphatic carbocycles. The second-order valence-corrected chi connectivity index (χ2v) is 6.44. The molecule has 1 atom stereocenters. The summed E-state index contributed by atoms with van der Waals surface area (Å²) in [7, 11) is 0. The molecule has 5 nitrogen and oxygen atoms in total. The molecule has 2 aromatic carbocycles. The predicted octanol–water partition coefficient (Wildman–Crippen LogP) is 2.52. The van der Waals surface area contributed by atoms with Gasteiger partial charge in [-0.05, 0) is 36.6 Å². The van der Waals surface area contributed by atoms with Gasteiger partial charge < -0.3 is 10.2 Å². The fourth-order valence-electron chi connectivity index (χ4n) is 3.18. The molecule has 0 spiro atoms. The van der Waals surface area contributed by atoms with Gasteiger partial charge in [0.2, 0.25) is 5.91 Å². The van der Waals surface area contributed by atoms with Gasteiger partial charge in [-0.3, -0.25) is 9.59 Å². The van der Waals surface area contributed by atoms with Gasteiger partial charge in [-0.2, -0.15) is 5.26 Å². The monoisotopic (exact) mass is 347 g/mol. The van der Waals surface area contributed by atoms with E-state index in [1.54, 1.807) is 18.2 Å². The van der Waals surface area contributed by atoms with Crippen LogP contribution in [0.1, 0.15) is 34.3 Å². The normalized spacial score (nSPS) is 14.5. The van der Waals surface area contributed by atoms with Crippen LogP contribution in [0.5, 0.6) is 0 Å². The molecule has 1 aliphatic heterocycles. The minimum Gasteiger partial charge on any atom is -0.341 e. The average Bonchev–Trinajstić information content (AvgIpc) is 3.22. The first-order valence-electron chi connectivity index (χ1n) is 8.81. The SMILES string of the molecule is N#Cc1cccc(C(=O)NC(Cc2ccccc2)C(=O)N2CCCC2)c1. The summed E-state index contributed by atoms with van der Waals surface area (Å²) in [4.78, 5) is 27.4. The lowest BCUT2D eigenvalue weighted by molar-refractivity contribution is -0.132. The Morgan fingerprint density at radius 1 is 1.08 bits per heavy atom. The van der Waals surface area contributed by atoms with Crippen LogP contribution in [0.3, 0.4) is 0 Å². The molecule has 5 heteroatoms. The molecule has 1 aliphatic rings. The van der Waals surface area contributed by atoms with Gasteiger partial charge in [0, 0.05) is 25.1 Å². The molecule has 1 N–H and O–H groups in total. The van der Waals surface area contributed by atoms with E-state index in [4.69, 9.17) is 5.26 Å². The van der Waals surface area contributed by atoms with Gasteiger partial charge in [-0.15, -0.1) is 0 Å². The summed E-state index contributed by atoms with van der Waals surface area (Å²) < 4.78 is 0. The molecule has 1 heterocycles. The van der Waals surface area contributed by atoms with E-state index in [1.165, 1.54) is 6.07 Å². The zero-order chi connectivity index (χ0) is 18.4. The van der Waals surface area contributed by atoms with E-state index in [0.717, 1.165) is 31.5 Å². The second-order valence-electron chi connectivity index (χ2n) is 6.44. The van der Waals surface area contributed by atoms with Crippen LogP contribution in [-0.2, 0) is 11.2 Å². The minimum absolute atomic E-state index is 0.0452. The van der Waals surface area contributed by atoms with Crippen LogP contribution in [0.15, 0.2) is 54.6 Å². The lowest BCUT2D eigenvalue weighted by Gasteiger charge is -2.24. The Bertz CT molecular complexity index is 821. The van der Waals surface area contributed by atoms with Gasteiger partial charge in [0.25, 0.3) is 5.91 Å². The van der Waals surface area contributed by atoms with Crippen LogP contribution in [0, 0.1) is 11.3 Å². The summed E-state index contributed by atoms with van der Waals surface area (Å²) in [6.45, 7) is 1.48. The number of carbonyl (C=O) groups is 2. The summed E-state index contributed by atoms with van der Waals surface area (Å²) in [5, 5.41) is 11.9. The Balaban J connectivity index is 1.79. The molecule has 26 heavy (non-hydrogen) atoms. The lowest BCUT2D eigenvalue weighted by atomic mass is 10.0. The molecule has 0 saturated carbocycles. The number of nitrogens with zero attached hydrogens (tertiary/aromatic N) is 2. The molecule has 3 rings (SSSR count). The highest BCUT2D eigenvalue weighted by molar-refractivity contribution is 5.97. The highest BCUT2D eigenvalue weighted by Gasteiger charge is 2.28. The summed E-state index contributed by atoms with van der Waals surface area (Å²) in [6.07, 6.45) is 2.45. The van der Waals surface area contributed by atoms with Gasteiger partial charge in [-0.1, -0.05) is 36.4 Å². The Morgan fingerprint density at radius 2 is 1.81 bits per heavy atom. The third-order valence-corrected chi connectivity index (χ3v) is 4.56. The number of rotatable bonds is 5. The number of nitriles is 1. The number of hydrogen-bond donors (Lipinski definition) is 1. The fourth-order valence-corrected chi connectivity index (χ4v) is 3.18. The van der Waals surface area contributed by atoms with Gasteiger partial charge in [0.05, 0.1) is 11.6 Å². The highest BCUT2D eigenvalue weighted by Crippen LogP contribution is 2.13. The minimum atomic E-state index is -0.617. The maximum atomic E-state index is 12.9. The maximum absolute atomic E-state index is 12.9. The first-order valence-corrected chi connectivity index (χ1v) is 8.81. The van der Waals surface area contributed by atoms with Crippen LogP contribution in [0.25, 0.3) is 0 Å². The van der Waals surface area contributed by atoms with Gasteiger partial charge in [0.15, 0.2) is 0 Å². The molecule has 0 aromatic heterocycles. The van der Waals surface area contributed by atoms with E-state index in [1.807, 2.05) is 41.3 Å². The van der Waals surface area contributed by atoms with E-state index in [9.17, 15) is 9.59 Å². The fraction of sp³-hybridized carbons (Fsp3) is 0.286. The van der Waals surface area contributed by atoms with Crippen LogP contribution >= 0.6 is 0 Å². The third-order valence-electron chi connectivity index (χ3n) is 4.56. The van der Waals surface area contributed by atoms with Gasteiger partial charge in [0.1, 0.15) is 6.04 Å². The molecule has 132 valence electrons. The molecule has 1 saturated heterocycles. The summed E-state index contributed by atoms with van der Waals surface area (Å²) in [5.74, 6) is -0.383. The smallest absolute Gasteiger partial charge is 0.251 e. The van der Waals surface area contributed by atoms with Crippen molar-refractivity contribution in [2.24, 2.45) is 0 Å². The Hall–Kier alpha value is -3.13. The van der Waals surface area contributed by atoms with Crippen molar-refractivity contribution in [1.29, 1.82) is 5.26 Å². The first kappa shape index (κ1) is 17.7. The topological polar surface area (TPSA) is 73.2 Å². The number of carbonyl (C=O) groups excluding carboxylic acids is 2. The maximum Gasteiger partial charge on any atom is 0.251 e. The molecule has 2 amide bonds. The van der Waals surface area contributed by atoms with Crippen molar-refractivity contribution >= 4 is 11.8 Å². The third kappa shape index (κ3) is 4.28. The Labute approximate surface area is 153 Å². The van der Waals surface area contributed by atoms with Crippen LogP contribution in [0.2, 0.25) is 0 Å². The van der Waals surface area contributed by atoms with Crippen molar-refractivity contribution in [3.8, 4) is 6.07 Å². The predicted molar refractivity (Wildman–Crippen MR) is 98.4 cm³/mol. The van der Waals surface area contributed by atoms with Crippen LogP contribution in [-0.4, -0.2) is 35.8 Å². The molecule has 0 bridgehead atoms. The van der Waals surface area contributed by atoms with E-state index >= 15 is 0 Å². The van der Waals surface area contributed by atoms with Crippen molar-refractivity contribution in [3.05, 3.63) is 71.3 Å². The van der Waals surface area contributed by atoms with Crippen molar-refractivity contribution in [1.82, 2.24) is 10.2 Å². The zero-order valence-electron chi connectivity index (χ0n) is 14.5. The van der Waals surface area contributed by atoms with Gasteiger partial charge >= 0.3 is 0 Å². The summed E-state index contributed by atoms with van der Waals surface area (Å²) in [6, 6.07) is 17.6. The summed E-state index contributed by atoms with van der Waals surface area (Å²) >= 11 is 0. The van der Waals surface area contributed by atoms with E-state index in [2.05, 4.69) is 5.32 Å². The first-order chi connectivity index (χ1) is 12.7. The molecule has 1 fully saturated rings. The van der Waals surface area contributed by atoms with Gasteiger partial charge in [-0.25, -0.2) is 0 Å². The largest absolute Gasteiger partial charge is 0.341 e. The number of benzene rings is 2. The van der Waals surface area contributed by atoms with Crippen molar-refractivity contribution in [2.45, 2.75) is 25.3 Å². The molecule has 1 unspecified atom stereocenters. The summed E-state index contributed by atoms with van der Waals surface area (Å²) in [5.41, 5.74) is 1.80. The second kappa shape index (κ2) is 8.30. The Kier molecular flexibility index (Phi) is 5.65. The number of likely N-dealkylation sites (tertiary alicyclic amines) is 1. The van der Waals surface area contributed by atoms with Crippen LogP contribution in [0.4, 0.5) is 0 Å². The van der Waals surface area contributed by atoms with E-state index < -0.39 is 6.04 Å². The molecular weight excluding hydrogens is 326 g/mol. The highest BCUT2D eigenvalue weighted by atomic mass is 16.2. The number of hydrogen-bond acceptors (Lipinski definition) is 3. The van der Waals surface area contributed by atoms with Crippen molar-refractivity contribution < 1.29 is 9.59 Å². The molecular formula is C21H21N3O2. The standard InChI is InChI=1S/C21H21N3O2/c22-15-17-9-6-10-18(13-17)20(25)23-19(14-16-7-2-1-3-8-16)21(26)24-11-4-5-12-24/h1-3,6-10,13,19H,4-5,11-12,14H2,(H,23,25). The quantitative estimate of drug-likeness (QED) is 0.903. The van der Waals surface area contributed by atoms with Crippen LogP contribution < -0.4 is 5.32 Å². The van der Waals surface area contributed by atoms with E-state index in [-0.39, 0.29) is 11.8 Å². The van der Waals surface area contributed by atoms with Crippen molar-refractivity contribution in [2.75, 3.05) is 13.1 Å². The van der Waals surface area contributed by atoms with E-state index in [0.29, 0.717) is 17.5 Å².